The van der Waals surface area contributed by atoms with Crippen LogP contribution in [-0.4, -0.2) is 6.61 Å². The Bertz CT molecular complexity index is 356. The molecule has 68 valence electrons. The average Bonchev–Trinajstić information content (AvgIpc) is 2.13. The number of nitrogen functional groups attached to an aromatic ring is 1. The second-order valence-corrected chi connectivity index (χ2v) is 3.81. The van der Waals surface area contributed by atoms with Crippen molar-refractivity contribution in [1.82, 2.24) is 0 Å². The molecular weight excluding hydrogens is 296 g/mol. The van der Waals surface area contributed by atoms with Crippen molar-refractivity contribution in [1.29, 1.82) is 0 Å². The van der Waals surface area contributed by atoms with Gasteiger partial charge in [0.15, 0.2) is 0 Å². The second kappa shape index (κ2) is 5.43. The smallest absolute Gasteiger partial charge is 0.111 e. The first-order valence-electron chi connectivity index (χ1n) is 3.60. The molecule has 1 unspecified atom stereocenters. The van der Waals surface area contributed by atoms with E-state index in [-0.39, 0.29) is 0 Å². The highest BCUT2D eigenvalue weighted by atomic mass is 127. The minimum absolute atomic E-state index is 0.398. The van der Waals surface area contributed by atoms with Crippen LogP contribution in [0, 0.1) is 15.4 Å². The molecule has 4 heteroatoms. The van der Waals surface area contributed by atoms with E-state index in [2.05, 4.69) is 43.9 Å². The van der Waals surface area contributed by atoms with Crippen molar-refractivity contribution < 1.29 is 4.52 Å². The van der Waals surface area contributed by atoms with E-state index in [0.717, 1.165) is 14.8 Å². The number of hydrogen-bond donors (Lipinski definition) is 1. The Morgan fingerprint density at radius 1 is 1.54 bits per heavy atom. The van der Waals surface area contributed by atoms with E-state index in [0.29, 0.717) is 6.61 Å². The van der Waals surface area contributed by atoms with Gasteiger partial charge in [0.2, 0.25) is 0 Å². The third kappa shape index (κ3) is 3.15. The second-order valence-electron chi connectivity index (χ2n) is 2.31. The molecule has 0 aliphatic carbocycles. The van der Waals surface area contributed by atoms with E-state index in [1.807, 2.05) is 18.2 Å². The Kier molecular flexibility index (Phi) is 4.51. The summed E-state index contributed by atoms with van der Waals surface area (Å²) < 4.78 is 5.76. The summed E-state index contributed by atoms with van der Waals surface area (Å²) in [4.78, 5) is 0. The van der Waals surface area contributed by atoms with Crippen LogP contribution in [0.25, 0.3) is 0 Å². The van der Waals surface area contributed by atoms with Crippen molar-refractivity contribution in [2.24, 2.45) is 0 Å². The van der Waals surface area contributed by atoms with Gasteiger partial charge in [0.25, 0.3) is 0 Å². The quantitative estimate of drug-likeness (QED) is 0.373. The summed E-state index contributed by atoms with van der Waals surface area (Å²) >= 11 is 2.18. The molecule has 0 bridgehead atoms. The molecule has 0 aliphatic heterocycles. The molecule has 1 atom stereocenters. The van der Waals surface area contributed by atoms with Crippen molar-refractivity contribution in [3.63, 3.8) is 0 Å². The summed E-state index contributed by atoms with van der Waals surface area (Å²) in [6.45, 7) is 0.398. The van der Waals surface area contributed by atoms with Crippen molar-refractivity contribution >= 4 is 37.7 Å². The molecule has 1 rings (SSSR count). The van der Waals surface area contributed by atoms with E-state index in [1.54, 1.807) is 0 Å². The molecule has 0 heterocycles. The number of hydrogen-bond acceptors (Lipinski definition) is 2. The number of nitrogens with two attached hydrogens (primary N) is 1. The van der Waals surface area contributed by atoms with Crippen LogP contribution < -0.4 is 5.73 Å². The van der Waals surface area contributed by atoms with E-state index < -0.39 is 0 Å². The number of anilines is 1. The first-order chi connectivity index (χ1) is 6.25. The summed E-state index contributed by atoms with van der Waals surface area (Å²) in [6.07, 6.45) is 0. The molecule has 2 nitrogen and oxygen atoms in total. The number of para-hydroxylation sites is 1. The van der Waals surface area contributed by atoms with Crippen LogP contribution in [-0.2, 0) is 4.52 Å². The lowest BCUT2D eigenvalue weighted by atomic mass is 10.2. The van der Waals surface area contributed by atoms with Crippen LogP contribution in [0.1, 0.15) is 5.56 Å². The van der Waals surface area contributed by atoms with E-state index in [1.165, 1.54) is 0 Å². The molecular formula is C9H9INOP. The predicted octanol–water partition coefficient (Wildman–Crippen LogP) is 2.03. The Hall–Kier alpha value is -0.300. The monoisotopic (exact) mass is 305 g/mol. The topological polar surface area (TPSA) is 35.2 Å². The molecule has 1 aromatic carbocycles. The van der Waals surface area contributed by atoms with Crippen LogP contribution >= 0.6 is 32.1 Å². The summed E-state index contributed by atoms with van der Waals surface area (Å²) in [6, 6.07) is 5.78. The average molecular weight is 305 g/mol. The van der Waals surface area contributed by atoms with Gasteiger partial charge in [-0.2, -0.15) is 0 Å². The lowest BCUT2D eigenvalue weighted by Gasteiger charge is -1.99. The zero-order valence-electron chi connectivity index (χ0n) is 6.88. The maximum Gasteiger partial charge on any atom is 0.111 e. The predicted molar refractivity (Wildman–Crippen MR) is 66.1 cm³/mol. The molecule has 0 aliphatic rings. The highest BCUT2D eigenvalue weighted by Crippen LogP contribution is 2.17. The summed E-state index contributed by atoms with van der Waals surface area (Å²) in [5.41, 5.74) is 7.40. The van der Waals surface area contributed by atoms with Gasteiger partial charge in [-0.05, 0) is 34.7 Å². The molecule has 1 aromatic rings. The normalized spacial score (nSPS) is 9.08. The summed E-state index contributed by atoms with van der Waals surface area (Å²) in [5.74, 6) is 5.78. The van der Waals surface area contributed by atoms with Crippen LogP contribution in [0.5, 0.6) is 0 Å². The summed E-state index contributed by atoms with van der Waals surface area (Å²) in [5, 5.41) is 0. The molecule has 0 amide bonds. The molecule has 2 N–H and O–H groups in total. The zero-order chi connectivity index (χ0) is 9.68. The molecule has 0 saturated heterocycles. The van der Waals surface area contributed by atoms with Gasteiger partial charge in [-0.3, -0.25) is 0 Å². The zero-order valence-corrected chi connectivity index (χ0v) is 10.2. The number of halogens is 1. The molecule has 0 spiro atoms. The first-order valence-corrected chi connectivity index (χ1v) is 5.15. The molecule has 0 aromatic heterocycles. The van der Waals surface area contributed by atoms with Gasteiger partial charge >= 0.3 is 0 Å². The van der Waals surface area contributed by atoms with Crippen LogP contribution in [0.15, 0.2) is 18.2 Å². The highest BCUT2D eigenvalue weighted by molar-refractivity contribution is 14.1. The first kappa shape index (κ1) is 10.8. The maximum atomic E-state index is 5.81. The van der Waals surface area contributed by atoms with Gasteiger partial charge < -0.3 is 10.3 Å². The third-order valence-corrected chi connectivity index (χ3v) is 2.54. The fourth-order valence-electron chi connectivity index (χ4n) is 0.819. The van der Waals surface area contributed by atoms with Gasteiger partial charge in [-0.1, -0.05) is 17.9 Å². The Morgan fingerprint density at radius 3 is 3.00 bits per heavy atom. The Balaban J connectivity index is 2.91. The molecule has 0 fully saturated rings. The lowest BCUT2D eigenvalue weighted by Crippen LogP contribution is -1.93. The molecule has 0 radical (unpaired) electrons. The minimum Gasteiger partial charge on any atom is -0.397 e. The SMILES string of the molecule is Nc1c(I)cccc1C#CCOP. The van der Waals surface area contributed by atoms with E-state index in [4.69, 9.17) is 10.3 Å². The van der Waals surface area contributed by atoms with Gasteiger partial charge in [0.1, 0.15) is 6.61 Å². The van der Waals surface area contributed by atoms with Crippen molar-refractivity contribution in [2.45, 2.75) is 0 Å². The van der Waals surface area contributed by atoms with Crippen molar-refractivity contribution in [2.75, 3.05) is 12.3 Å². The van der Waals surface area contributed by atoms with E-state index in [9.17, 15) is 0 Å². The van der Waals surface area contributed by atoms with Crippen LogP contribution in [0.2, 0.25) is 0 Å². The van der Waals surface area contributed by atoms with Gasteiger partial charge in [0, 0.05) is 18.6 Å². The van der Waals surface area contributed by atoms with Gasteiger partial charge in [-0.15, -0.1) is 0 Å². The Labute approximate surface area is 93.7 Å². The minimum atomic E-state index is 0.398. The maximum absolute atomic E-state index is 5.81. The standard InChI is InChI=1S/C9H9INOP/c10-8-5-1-3-7(9(8)11)4-2-6-12-13/h1,3,5H,6,11,13H2. The number of rotatable bonds is 1. The largest absolute Gasteiger partial charge is 0.397 e. The van der Waals surface area contributed by atoms with E-state index >= 15 is 0 Å². The van der Waals surface area contributed by atoms with Crippen LogP contribution in [0.4, 0.5) is 5.69 Å². The highest BCUT2D eigenvalue weighted by Gasteiger charge is 1.97. The fraction of sp³-hybridized carbons (Fsp3) is 0.111. The molecule has 13 heavy (non-hydrogen) atoms. The fourth-order valence-corrected chi connectivity index (χ4v) is 1.40. The number of benzene rings is 1. The van der Waals surface area contributed by atoms with Gasteiger partial charge in [0.05, 0.1) is 5.69 Å². The Morgan fingerprint density at radius 2 is 2.31 bits per heavy atom. The van der Waals surface area contributed by atoms with Gasteiger partial charge in [-0.25, -0.2) is 0 Å². The molecule has 0 saturated carbocycles. The van der Waals surface area contributed by atoms with Crippen molar-refractivity contribution in [3.05, 3.63) is 27.3 Å². The lowest BCUT2D eigenvalue weighted by molar-refractivity contribution is 0.436. The van der Waals surface area contributed by atoms with Crippen molar-refractivity contribution in [3.8, 4) is 11.8 Å². The summed E-state index contributed by atoms with van der Waals surface area (Å²) in [7, 11) is 2.15. The van der Waals surface area contributed by atoms with Crippen LogP contribution in [0.3, 0.4) is 0 Å². The third-order valence-electron chi connectivity index (χ3n) is 1.43.